The summed E-state index contributed by atoms with van der Waals surface area (Å²) in [6.07, 6.45) is 10.2. The fourth-order valence-corrected chi connectivity index (χ4v) is 5.57. The van der Waals surface area contributed by atoms with E-state index in [9.17, 15) is 9.59 Å². The Labute approximate surface area is 237 Å². The summed E-state index contributed by atoms with van der Waals surface area (Å²) in [6.45, 7) is 0. The molecule has 5 rings (SSSR count). The van der Waals surface area contributed by atoms with Crippen LogP contribution in [0.4, 0.5) is 0 Å². The molecule has 0 radical (unpaired) electrons. The Kier molecular flexibility index (Phi) is 8.97. The van der Waals surface area contributed by atoms with E-state index in [2.05, 4.69) is 36.8 Å². The molecule has 3 N–H and O–H groups in total. The quantitative estimate of drug-likeness (QED) is 0.169. The molecule has 0 bridgehead atoms. The van der Waals surface area contributed by atoms with Gasteiger partial charge in [0, 0.05) is 38.7 Å². The molecule has 9 nitrogen and oxygen atoms in total. The highest BCUT2D eigenvalue weighted by Crippen LogP contribution is 2.25. The van der Waals surface area contributed by atoms with Crippen LogP contribution in [0.25, 0.3) is 27.2 Å². The van der Waals surface area contributed by atoms with Gasteiger partial charge in [0.2, 0.25) is 11.8 Å². The van der Waals surface area contributed by atoms with Crippen molar-refractivity contribution in [3.8, 4) is 16.9 Å². The first-order chi connectivity index (χ1) is 19.6. The van der Waals surface area contributed by atoms with Crippen LogP contribution >= 0.6 is 11.3 Å². The second-order valence-electron chi connectivity index (χ2n) is 9.65. The van der Waals surface area contributed by atoms with Crippen molar-refractivity contribution in [3.05, 3.63) is 84.0 Å². The van der Waals surface area contributed by atoms with Gasteiger partial charge in [-0.3, -0.25) is 9.59 Å². The van der Waals surface area contributed by atoms with Gasteiger partial charge in [-0.2, -0.15) is 5.10 Å². The van der Waals surface area contributed by atoms with Crippen LogP contribution < -0.4 is 10.6 Å². The van der Waals surface area contributed by atoms with E-state index >= 15 is 0 Å². The monoisotopic (exact) mass is 555 g/mol. The number of hydrogen-bond donors (Lipinski definition) is 3. The van der Waals surface area contributed by atoms with E-state index < -0.39 is 0 Å². The third-order valence-corrected chi connectivity index (χ3v) is 7.88. The zero-order valence-electron chi connectivity index (χ0n) is 22.5. The van der Waals surface area contributed by atoms with Crippen molar-refractivity contribution in [2.75, 3.05) is 7.05 Å². The van der Waals surface area contributed by atoms with Gasteiger partial charge in [0.1, 0.15) is 5.82 Å². The number of rotatable bonds is 13. The normalized spacial score (nSPS) is 11.9. The van der Waals surface area contributed by atoms with Gasteiger partial charge in [0.25, 0.3) is 0 Å². The summed E-state index contributed by atoms with van der Waals surface area (Å²) in [5.74, 6) is 0.746. The molecule has 10 heteroatoms. The number of nitrogens with zero attached hydrogens (tertiary/aromatic N) is 4. The van der Waals surface area contributed by atoms with Crippen LogP contribution in [-0.4, -0.2) is 43.6 Å². The number of hydrogen-bond acceptors (Lipinski definition) is 6. The Morgan fingerprint density at radius 2 is 1.85 bits per heavy atom. The highest BCUT2D eigenvalue weighted by atomic mass is 32.1. The van der Waals surface area contributed by atoms with Gasteiger partial charge in [0.15, 0.2) is 0 Å². The number of aromatic nitrogens is 5. The van der Waals surface area contributed by atoms with Gasteiger partial charge in [0.05, 0.1) is 38.8 Å². The lowest BCUT2D eigenvalue weighted by molar-refractivity contribution is -0.122. The van der Waals surface area contributed by atoms with E-state index in [-0.39, 0.29) is 17.9 Å². The fourth-order valence-electron chi connectivity index (χ4n) is 4.60. The molecule has 0 aliphatic heterocycles. The lowest BCUT2D eigenvalue weighted by Crippen LogP contribution is -2.29. The van der Waals surface area contributed by atoms with Crippen molar-refractivity contribution in [1.82, 2.24) is 35.4 Å². The van der Waals surface area contributed by atoms with Gasteiger partial charge >= 0.3 is 0 Å². The second kappa shape index (κ2) is 13.2. The number of fused-ring (bicyclic) bond motifs is 1. The first-order valence-electron chi connectivity index (χ1n) is 13.6. The van der Waals surface area contributed by atoms with Crippen LogP contribution in [0.2, 0.25) is 0 Å². The number of carbonyl (C=O) groups excluding carboxylic acids is 2. The van der Waals surface area contributed by atoms with E-state index in [1.54, 1.807) is 24.6 Å². The number of unbranched alkanes of at least 4 members (excludes halogenated alkanes) is 2. The van der Waals surface area contributed by atoms with Crippen LogP contribution in [0.15, 0.2) is 73.2 Å². The van der Waals surface area contributed by atoms with Crippen molar-refractivity contribution >= 4 is 33.4 Å². The third kappa shape index (κ3) is 7.01. The zero-order chi connectivity index (χ0) is 27.7. The summed E-state index contributed by atoms with van der Waals surface area (Å²) < 4.78 is 2.94. The summed E-state index contributed by atoms with van der Waals surface area (Å²) in [4.78, 5) is 37.3. The maximum atomic E-state index is 13.0. The van der Waals surface area contributed by atoms with E-state index in [0.29, 0.717) is 19.3 Å². The van der Waals surface area contributed by atoms with Gasteiger partial charge in [-0.25, -0.2) is 14.6 Å². The van der Waals surface area contributed by atoms with Crippen LogP contribution in [0, 0.1) is 0 Å². The van der Waals surface area contributed by atoms with E-state index in [1.165, 1.54) is 0 Å². The summed E-state index contributed by atoms with van der Waals surface area (Å²) in [5, 5.41) is 11.1. The van der Waals surface area contributed by atoms with Crippen LogP contribution in [0.3, 0.4) is 0 Å². The Morgan fingerprint density at radius 1 is 1.00 bits per heavy atom. The molecule has 0 spiro atoms. The zero-order valence-corrected chi connectivity index (χ0v) is 23.3. The lowest BCUT2D eigenvalue weighted by atomic mass is 10.1. The number of aryl methyl sites for hydroxylation is 1. The highest BCUT2D eigenvalue weighted by Gasteiger charge is 2.19. The number of nitrogens with one attached hydrogen (secondary N) is 3. The molecule has 3 aromatic heterocycles. The molecule has 206 valence electrons. The Morgan fingerprint density at radius 3 is 2.62 bits per heavy atom. The van der Waals surface area contributed by atoms with E-state index in [1.807, 2.05) is 65.6 Å². The van der Waals surface area contributed by atoms with Crippen LogP contribution in [-0.2, 0) is 16.0 Å². The first kappa shape index (κ1) is 27.3. The average Bonchev–Trinajstić information content (AvgIpc) is 3.76. The summed E-state index contributed by atoms with van der Waals surface area (Å²) >= 11 is 1.63. The van der Waals surface area contributed by atoms with Crippen molar-refractivity contribution in [2.45, 2.75) is 51.0 Å². The molecule has 2 aromatic carbocycles. The standard InChI is InChI=1S/C30H33N7O2S/c1-31-27(38)11-4-2-3-9-24(34-28(39)16-17-29-35-23-8-5-6-10-26(23)40-29)30-32-20-25(36-30)21-12-14-22(15-13-21)37-19-7-18-33-37/h5-8,10,12-15,18-20,24H,2-4,9,11,16-17H2,1H3,(H,31,38)(H,32,36)(H,34,39). The predicted molar refractivity (Wildman–Crippen MR) is 157 cm³/mol. The molecule has 0 saturated heterocycles. The largest absolute Gasteiger partial charge is 0.359 e. The fraction of sp³-hybridized carbons (Fsp3) is 0.300. The van der Waals surface area contributed by atoms with E-state index in [4.69, 9.17) is 0 Å². The van der Waals surface area contributed by atoms with Crippen molar-refractivity contribution < 1.29 is 9.59 Å². The van der Waals surface area contributed by atoms with Crippen molar-refractivity contribution in [3.63, 3.8) is 0 Å². The molecular formula is C30H33N7O2S. The number of H-pyrrole nitrogens is 1. The molecule has 0 aliphatic rings. The maximum absolute atomic E-state index is 13.0. The number of aromatic amines is 1. The lowest BCUT2D eigenvalue weighted by Gasteiger charge is -2.17. The highest BCUT2D eigenvalue weighted by molar-refractivity contribution is 7.18. The van der Waals surface area contributed by atoms with Gasteiger partial charge in [-0.15, -0.1) is 11.3 Å². The number of para-hydroxylation sites is 1. The smallest absolute Gasteiger partial charge is 0.221 e. The van der Waals surface area contributed by atoms with Crippen LogP contribution in [0.5, 0.6) is 0 Å². The molecule has 40 heavy (non-hydrogen) atoms. The molecule has 5 aromatic rings. The Balaban J connectivity index is 1.23. The average molecular weight is 556 g/mol. The van der Waals surface area contributed by atoms with Crippen LogP contribution in [0.1, 0.15) is 55.4 Å². The third-order valence-electron chi connectivity index (χ3n) is 6.79. The topological polar surface area (TPSA) is 118 Å². The molecule has 0 saturated carbocycles. The molecule has 0 fully saturated rings. The molecule has 3 heterocycles. The molecule has 1 unspecified atom stereocenters. The minimum Gasteiger partial charge on any atom is -0.359 e. The summed E-state index contributed by atoms with van der Waals surface area (Å²) in [5.41, 5.74) is 3.83. The second-order valence-corrected chi connectivity index (χ2v) is 10.8. The number of amides is 2. The van der Waals surface area contributed by atoms with Gasteiger partial charge in [-0.05, 0) is 48.7 Å². The van der Waals surface area contributed by atoms with Crippen molar-refractivity contribution in [2.24, 2.45) is 0 Å². The maximum Gasteiger partial charge on any atom is 0.221 e. The number of thiazole rings is 1. The summed E-state index contributed by atoms with van der Waals surface area (Å²) in [7, 11) is 1.65. The number of carbonyl (C=O) groups is 2. The summed E-state index contributed by atoms with van der Waals surface area (Å²) in [6, 6.07) is 17.7. The molecular weight excluding hydrogens is 522 g/mol. The minimum absolute atomic E-state index is 0.0313. The number of benzene rings is 2. The van der Waals surface area contributed by atoms with E-state index in [0.717, 1.165) is 63.7 Å². The Bertz CT molecular complexity index is 1510. The number of imidazole rings is 1. The van der Waals surface area contributed by atoms with Gasteiger partial charge < -0.3 is 15.6 Å². The minimum atomic E-state index is -0.250. The molecule has 1 atom stereocenters. The first-order valence-corrected chi connectivity index (χ1v) is 14.4. The molecule has 0 aliphatic carbocycles. The predicted octanol–water partition coefficient (Wildman–Crippen LogP) is 5.36. The van der Waals surface area contributed by atoms with Crippen molar-refractivity contribution in [1.29, 1.82) is 0 Å². The molecule has 2 amide bonds. The SMILES string of the molecule is CNC(=O)CCCCCC(NC(=O)CCc1nc2ccccc2s1)c1ncc(-c2ccc(-n3cccn3)cc2)[nH]1. The van der Waals surface area contributed by atoms with Gasteiger partial charge in [-0.1, -0.05) is 37.1 Å². The Hall–Kier alpha value is -4.31.